The van der Waals surface area contributed by atoms with Gasteiger partial charge >= 0.3 is 5.97 Å². The number of anilines is 1. The van der Waals surface area contributed by atoms with Gasteiger partial charge in [-0.25, -0.2) is 0 Å². The maximum Gasteiger partial charge on any atom is 0.320 e. The molecule has 1 heterocycles. The van der Waals surface area contributed by atoms with Crippen LogP contribution < -0.4 is 15.0 Å². The van der Waals surface area contributed by atoms with Gasteiger partial charge in [0.2, 0.25) is 5.91 Å². The number of amides is 1. The van der Waals surface area contributed by atoms with Crippen LogP contribution in [0.5, 0.6) is 5.75 Å². The smallest absolute Gasteiger partial charge is 0.320 e. The maximum absolute atomic E-state index is 13.4. The molecule has 2 aromatic rings. The third-order valence-corrected chi connectivity index (χ3v) is 5.22. The number of rotatable bonds is 7. The first kappa shape index (κ1) is 20.9. The van der Waals surface area contributed by atoms with Crippen molar-refractivity contribution >= 4 is 17.6 Å². The third kappa shape index (κ3) is 4.77. The van der Waals surface area contributed by atoms with Gasteiger partial charge < -0.3 is 14.7 Å². The first-order chi connectivity index (χ1) is 13.9. The lowest BCUT2D eigenvalue weighted by molar-refractivity contribution is -0.140. The van der Waals surface area contributed by atoms with Crippen molar-refractivity contribution in [3.8, 4) is 5.75 Å². The number of para-hydroxylation sites is 2. The van der Waals surface area contributed by atoms with Crippen molar-refractivity contribution in [2.24, 2.45) is 0 Å². The molecular formula is C23H28N2O4. The second-order valence-electron chi connectivity index (χ2n) is 7.62. The topological polar surface area (TPSA) is 78.9 Å². The number of benzene rings is 2. The van der Waals surface area contributed by atoms with Crippen LogP contribution in [0.4, 0.5) is 5.69 Å². The van der Waals surface area contributed by atoms with Crippen molar-refractivity contribution in [3.05, 3.63) is 59.7 Å². The van der Waals surface area contributed by atoms with Crippen LogP contribution in [0, 0.1) is 0 Å². The first-order valence-corrected chi connectivity index (χ1v) is 10.0. The Balaban J connectivity index is 1.89. The standard InChI is InChI=1S/C23H28N2O4/c1-4-18(23(27)28)24-19-14-29-21-8-6-5-7-20(21)25(22(19)26)13-16-9-11-17(12-10-16)15(2)3/h5-12,15,18-19,24H,4,13-14H2,1-3H3,(H,27,28)/t18-,19-/m0/s1. The van der Waals surface area contributed by atoms with E-state index in [1.807, 2.05) is 36.4 Å². The van der Waals surface area contributed by atoms with Crippen LogP contribution in [0.2, 0.25) is 0 Å². The molecule has 2 atom stereocenters. The number of hydrogen-bond acceptors (Lipinski definition) is 4. The summed E-state index contributed by atoms with van der Waals surface area (Å²) in [6.07, 6.45) is 0.378. The average molecular weight is 396 g/mol. The van der Waals surface area contributed by atoms with Gasteiger partial charge in [0.15, 0.2) is 0 Å². The van der Waals surface area contributed by atoms with Crippen LogP contribution in [0.15, 0.2) is 48.5 Å². The highest BCUT2D eigenvalue weighted by molar-refractivity contribution is 5.99. The van der Waals surface area contributed by atoms with Gasteiger partial charge in [0.05, 0.1) is 12.2 Å². The Bertz CT molecular complexity index is 863. The van der Waals surface area contributed by atoms with E-state index in [-0.39, 0.29) is 12.5 Å². The molecule has 0 aromatic heterocycles. The number of aliphatic carboxylic acids is 1. The zero-order valence-electron chi connectivity index (χ0n) is 17.1. The molecule has 6 heteroatoms. The average Bonchev–Trinajstić information content (AvgIpc) is 2.84. The number of carboxylic acids is 1. The van der Waals surface area contributed by atoms with Crippen molar-refractivity contribution in [1.82, 2.24) is 5.32 Å². The van der Waals surface area contributed by atoms with Crippen LogP contribution >= 0.6 is 0 Å². The van der Waals surface area contributed by atoms with Crippen LogP contribution in [-0.2, 0) is 16.1 Å². The van der Waals surface area contributed by atoms with Gasteiger partial charge in [-0.05, 0) is 35.6 Å². The predicted molar refractivity (Wildman–Crippen MR) is 112 cm³/mol. The van der Waals surface area contributed by atoms with Gasteiger partial charge in [-0.1, -0.05) is 57.2 Å². The summed E-state index contributed by atoms with van der Waals surface area (Å²) < 4.78 is 5.86. The molecule has 3 rings (SSSR count). The lowest BCUT2D eigenvalue weighted by Crippen LogP contribution is -2.53. The predicted octanol–water partition coefficient (Wildman–Crippen LogP) is 3.56. The second kappa shape index (κ2) is 9.09. The molecule has 0 unspecified atom stereocenters. The highest BCUT2D eigenvalue weighted by atomic mass is 16.5. The van der Waals surface area contributed by atoms with E-state index in [0.717, 1.165) is 5.56 Å². The molecule has 0 bridgehead atoms. The quantitative estimate of drug-likeness (QED) is 0.748. The Morgan fingerprint density at radius 3 is 2.52 bits per heavy atom. The number of nitrogens with zero attached hydrogens (tertiary/aromatic N) is 1. The minimum Gasteiger partial charge on any atom is -0.489 e. The van der Waals surface area contributed by atoms with Gasteiger partial charge in [0.25, 0.3) is 0 Å². The fraction of sp³-hybridized carbons (Fsp3) is 0.391. The Morgan fingerprint density at radius 1 is 1.21 bits per heavy atom. The van der Waals surface area contributed by atoms with E-state index in [0.29, 0.717) is 30.3 Å². The molecule has 0 fully saturated rings. The summed E-state index contributed by atoms with van der Waals surface area (Å²) >= 11 is 0. The number of hydrogen-bond donors (Lipinski definition) is 2. The molecular weight excluding hydrogens is 368 g/mol. The van der Waals surface area contributed by atoms with Gasteiger partial charge in [-0.15, -0.1) is 0 Å². The highest BCUT2D eigenvalue weighted by Crippen LogP contribution is 2.32. The van der Waals surface area contributed by atoms with Crippen molar-refractivity contribution in [1.29, 1.82) is 0 Å². The second-order valence-corrected chi connectivity index (χ2v) is 7.62. The minimum atomic E-state index is -0.974. The number of carboxylic acid groups (broad SMARTS) is 1. The molecule has 0 saturated carbocycles. The summed E-state index contributed by atoms with van der Waals surface area (Å²) in [6, 6.07) is 14.1. The molecule has 0 spiro atoms. The number of carbonyl (C=O) groups is 2. The summed E-state index contributed by atoms with van der Waals surface area (Å²) in [5.41, 5.74) is 2.94. The zero-order chi connectivity index (χ0) is 21.0. The van der Waals surface area contributed by atoms with E-state index >= 15 is 0 Å². The van der Waals surface area contributed by atoms with Crippen molar-refractivity contribution in [3.63, 3.8) is 0 Å². The lowest BCUT2D eigenvalue weighted by atomic mass is 10.0. The number of nitrogens with one attached hydrogen (secondary N) is 1. The van der Waals surface area contributed by atoms with Gasteiger partial charge in [0, 0.05) is 0 Å². The minimum absolute atomic E-state index is 0.0857. The molecule has 29 heavy (non-hydrogen) atoms. The van der Waals surface area contributed by atoms with E-state index < -0.39 is 18.1 Å². The van der Waals surface area contributed by atoms with Crippen LogP contribution in [0.25, 0.3) is 0 Å². The van der Waals surface area contributed by atoms with E-state index in [9.17, 15) is 14.7 Å². The number of carbonyl (C=O) groups excluding carboxylic acids is 1. The normalized spacial score (nSPS) is 17.4. The fourth-order valence-corrected chi connectivity index (χ4v) is 3.43. The lowest BCUT2D eigenvalue weighted by Gasteiger charge is -2.26. The largest absolute Gasteiger partial charge is 0.489 e. The Labute approximate surface area is 171 Å². The number of fused-ring (bicyclic) bond motifs is 1. The summed E-state index contributed by atoms with van der Waals surface area (Å²) in [6.45, 7) is 6.53. The zero-order valence-corrected chi connectivity index (χ0v) is 17.1. The molecule has 1 aliphatic rings. The molecule has 6 nitrogen and oxygen atoms in total. The highest BCUT2D eigenvalue weighted by Gasteiger charge is 2.33. The maximum atomic E-state index is 13.4. The first-order valence-electron chi connectivity index (χ1n) is 10.0. The summed E-state index contributed by atoms with van der Waals surface area (Å²) in [5, 5.41) is 12.3. The van der Waals surface area contributed by atoms with E-state index in [1.54, 1.807) is 11.8 Å². The molecule has 0 aliphatic carbocycles. The van der Waals surface area contributed by atoms with E-state index in [2.05, 4.69) is 31.3 Å². The van der Waals surface area contributed by atoms with Crippen molar-refractivity contribution < 1.29 is 19.4 Å². The van der Waals surface area contributed by atoms with Crippen LogP contribution in [0.1, 0.15) is 44.2 Å². The number of ether oxygens (including phenoxy) is 1. The third-order valence-electron chi connectivity index (χ3n) is 5.22. The van der Waals surface area contributed by atoms with Gasteiger partial charge in [-0.2, -0.15) is 0 Å². The van der Waals surface area contributed by atoms with Gasteiger partial charge in [-0.3, -0.25) is 14.9 Å². The molecule has 1 amide bonds. The molecule has 0 radical (unpaired) electrons. The van der Waals surface area contributed by atoms with Crippen molar-refractivity contribution in [2.45, 2.75) is 51.7 Å². The van der Waals surface area contributed by atoms with E-state index in [1.165, 1.54) is 5.56 Å². The summed E-state index contributed by atoms with van der Waals surface area (Å²) in [5.74, 6) is -0.110. The van der Waals surface area contributed by atoms with Crippen LogP contribution in [-0.4, -0.2) is 35.7 Å². The van der Waals surface area contributed by atoms with Crippen molar-refractivity contribution in [2.75, 3.05) is 11.5 Å². The Kier molecular flexibility index (Phi) is 6.54. The Hall–Kier alpha value is -2.86. The fourth-order valence-electron chi connectivity index (χ4n) is 3.43. The molecule has 2 aromatic carbocycles. The molecule has 2 N–H and O–H groups in total. The van der Waals surface area contributed by atoms with Crippen LogP contribution in [0.3, 0.4) is 0 Å². The summed E-state index contributed by atoms with van der Waals surface area (Å²) in [7, 11) is 0. The molecule has 0 saturated heterocycles. The summed E-state index contributed by atoms with van der Waals surface area (Å²) in [4.78, 5) is 26.5. The Morgan fingerprint density at radius 2 is 1.90 bits per heavy atom. The SMILES string of the molecule is CC[C@H](N[C@H]1COc2ccccc2N(Cc2ccc(C(C)C)cc2)C1=O)C(=O)O. The molecule has 154 valence electrons. The molecule has 1 aliphatic heterocycles. The van der Waals surface area contributed by atoms with Gasteiger partial charge in [0.1, 0.15) is 24.4 Å². The van der Waals surface area contributed by atoms with E-state index in [4.69, 9.17) is 4.74 Å². The monoisotopic (exact) mass is 396 g/mol.